The summed E-state index contributed by atoms with van der Waals surface area (Å²) >= 11 is 0. The molecule has 1 spiro atoms. The number of aliphatic hydroxyl groups excluding tert-OH is 1. The predicted octanol–water partition coefficient (Wildman–Crippen LogP) is 5.74. The number of benzene rings is 3. The summed E-state index contributed by atoms with van der Waals surface area (Å²) in [6, 6.07) is 12.4. The van der Waals surface area contributed by atoms with E-state index in [0.29, 0.717) is 17.8 Å². The summed E-state index contributed by atoms with van der Waals surface area (Å²) in [5.41, 5.74) is 9.21. The third-order valence-electron chi connectivity index (χ3n) is 10.9. The third-order valence-corrected chi connectivity index (χ3v) is 10.9. The van der Waals surface area contributed by atoms with Crippen molar-refractivity contribution in [3.8, 4) is 16.9 Å². The Labute approximate surface area is 292 Å². The Bertz CT molecular complexity index is 2040. The molecule has 0 fully saturated rings. The van der Waals surface area contributed by atoms with Crippen LogP contribution in [0.4, 0.5) is 5.69 Å². The minimum Gasteiger partial charge on any atom is -0.469 e. The van der Waals surface area contributed by atoms with Crippen molar-refractivity contribution in [3.05, 3.63) is 98.8 Å². The molecular formula is C40H44N4O6. The van der Waals surface area contributed by atoms with Gasteiger partial charge in [-0.1, -0.05) is 64.1 Å². The molecule has 3 aliphatic rings. The lowest BCUT2D eigenvalue weighted by Crippen LogP contribution is -2.52. The Hall–Kier alpha value is -4.96. The summed E-state index contributed by atoms with van der Waals surface area (Å²) in [7, 11) is 0. The molecule has 4 N–H and O–H groups in total. The lowest BCUT2D eigenvalue weighted by atomic mass is 9.72. The Morgan fingerprint density at radius 1 is 1.02 bits per heavy atom. The Morgan fingerprint density at radius 3 is 2.40 bits per heavy atom. The SMILES string of the molecule is Cc1cc(C)c(C)c(-c2cccc3c2NC2Oc4ccc5cc4C32c2oc(nc2C=O)[C@H](C(C)C)NC(=O)[C@@H](NC(=O)[C@@H](O)C(C)C)C5)c1C. The Balaban J connectivity index is 1.49. The first-order chi connectivity index (χ1) is 23.8. The highest BCUT2D eigenvalue weighted by molar-refractivity contribution is 5.92. The van der Waals surface area contributed by atoms with Crippen LogP contribution in [0.25, 0.3) is 11.1 Å². The predicted molar refractivity (Wildman–Crippen MR) is 189 cm³/mol. The van der Waals surface area contributed by atoms with Crippen LogP contribution >= 0.6 is 0 Å². The number of fused-ring (bicyclic) bond motifs is 4. The fourth-order valence-corrected chi connectivity index (χ4v) is 7.87. The Kier molecular flexibility index (Phi) is 8.13. The van der Waals surface area contributed by atoms with Crippen molar-refractivity contribution in [2.24, 2.45) is 11.8 Å². The zero-order valence-corrected chi connectivity index (χ0v) is 29.7. The largest absolute Gasteiger partial charge is 0.469 e. The molecule has 4 bridgehead atoms. The second-order valence-corrected chi connectivity index (χ2v) is 14.7. The van der Waals surface area contributed by atoms with E-state index in [-0.39, 0.29) is 29.8 Å². The van der Waals surface area contributed by atoms with Crippen LogP contribution in [-0.4, -0.2) is 46.6 Å². The zero-order chi connectivity index (χ0) is 35.8. The van der Waals surface area contributed by atoms with Gasteiger partial charge in [-0.2, -0.15) is 0 Å². The molecule has 5 atom stereocenters. The quantitative estimate of drug-likeness (QED) is 0.190. The number of carbonyl (C=O) groups is 3. The lowest BCUT2D eigenvalue weighted by molar-refractivity contribution is -0.135. The molecule has 0 aliphatic carbocycles. The molecule has 0 radical (unpaired) electrons. The van der Waals surface area contributed by atoms with Crippen molar-refractivity contribution >= 4 is 23.8 Å². The highest BCUT2D eigenvalue weighted by Gasteiger charge is 2.61. The highest BCUT2D eigenvalue weighted by Crippen LogP contribution is 2.60. The normalized spacial score (nSPS) is 22.5. The first-order valence-electron chi connectivity index (χ1n) is 17.3. The van der Waals surface area contributed by atoms with Crippen LogP contribution in [0, 0.1) is 39.5 Å². The van der Waals surface area contributed by atoms with Crippen molar-refractivity contribution in [3.63, 3.8) is 0 Å². The Morgan fingerprint density at radius 2 is 1.74 bits per heavy atom. The van der Waals surface area contributed by atoms with Crippen molar-refractivity contribution in [2.45, 2.75) is 91.6 Å². The topological polar surface area (TPSA) is 143 Å². The third kappa shape index (κ3) is 4.94. The van der Waals surface area contributed by atoms with Gasteiger partial charge in [-0.15, -0.1) is 0 Å². The molecule has 3 aliphatic heterocycles. The van der Waals surface area contributed by atoms with E-state index >= 15 is 0 Å². The second-order valence-electron chi connectivity index (χ2n) is 14.7. The van der Waals surface area contributed by atoms with Gasteiger partial charge in [-0.3, -0.25) is 14.4 Å². The minimum atomic E-state index is -1.29. The van der Waals surface area contributed by atoms with E-state index in [4.69, 9.17) is 14.1 Å². The molecule has 7 rings (SSSR count). The minimum absolute atomic E-state index is 0.120. The van der Waals surface area contributed by atoms with Crippen LogP contribution in [0.1, 0.15) is 94.8 Å². The van der Waals surface area contributed by atoms with E-state index in [1.54, 1.807) is 13.8 Å². The van der Waals surface area contributed by atoms with E-state index in [9.17, 15) is 19.5 Å². The van der Waals surface area contributed by atoms with Gasteiger partial charge in [0.25, 0.3) is 0 Å². The van der Waals surface area contributed by atoms with E-state index < -0.39 is 41.6 Å². The number of carbonyl (C=O) groups excluding carboxylic acids is 3. The molecule has 4 aromatic rings. The maximum absolute atomic E-state index is 13.9. The number of ether oxygens (including phenoxy) is 1. The number of anilines is 1. The molecule has 260 valence electrons. The molecule has 10 nitrogen and oxygen atoms in total. The van der Waals surface area contributed by atoms with Gasteiger partial charge in [0.1, 0.15) is 35.0 Å². The van der Waals surface area contributed by atoms with Gasteiger partial charge in [0, 0.05) is 28.8 Å². The van der Waals surface area contributed by atoms with E-state index in [1.807, 2.05) is 44.2 Å². The molecule has 3 aromatic carbocycles. The lowest BCUT2D eigenvalue weighted by Gasteiger charge is -2.29. The van der Waals surface area contributed by atoms with E-state index in [1.165, 1.54) is 22.3 Å². The number of aldehydes is 1. The zero-order valence-electron chi connectivity index (χ0n) is 29.7. The van der Waals surface area contributed by atoms with E-state index in [0.717, 1.165) is 33.5 Å². The standard InChI is InChI=1S/C40H44N4O6/c1-18(2)32-38-42-29(17-45)35(50-38)40-26-11-9-10-25(31-22(7)20(5)14-21(6)23(31)8)33(26)44-39(40)49-30-13-12-24(15-27(30)40)16-28(36(47)43-32)41-37(48)34(46)19(3)4/h9-15,17-19,28,32,34,39,44,46H,16H2,1-8H3,(H,41,48)(H,43,47)/t28-,32-,34-,39?,40?/m0/s1. The van der Waals surface area contributed by atoms with E-state index in [2.05, 4.69) is 55.8 Å². The van der Waals surface area contributed by atoms with Crippen LogP contribution in [-0.2, 0) is 21.4 Å². The van der Waals surface area contributed by atoms with Crippen molar-refractivity contribution in [2.75, 3.05) is 5.32 Å². The number of para-hydroxylation sites is 1. The van der Waals surface area contributed by atoms with Crippen LogP contribution in [0.3, 0.4) is 0 Å². The maximum atomic E-state index is 13.9. The summed E-state index contributed by atoms with van der Waals surface area (Å²) in [6.45, 7) is 15.8. The molecule has 2 amide bonds. The fourth-order valence-electron chi connectivity index (χ4n) is 7.87. The molecule has 10 heteroatoms. The van der Waals surface area contributed by atoms with Gasteiger partial charge in [0.05, 0.1) is 0 Å². The number of aliphatic hydroxyl groups is 1. The number of aromatic nitrogens is 1. The van der Waals surface area contributed by atoms with Gasteiger partial charge in [-0.05, 0) is 79.0 Å². The van der Waals surface area contributed by atoms with Crippen molar-refractivity contribution < 1.29 is 28.6 Å². The number of nitrogens with one attached hydrogen (secondary N) is 3. The molecule has 2 unspecified atom stereocenters. The molecule has 1 aromatic heterocycles. The number of aryl methyl sites for hydroxylation is 2. The molecule has 0 saturated heterocycles. The van der Waals surface area contributed by atoms with Crippen LogP contribution < -0.4 is 20.7 Å². The van der Waals surface area contributed by atoms with Crippen LogP contribution in [0.15, 0.2) is 46.9 Å². The first kappa shape index (κ1) is 33.5. The van der Waals surface area contributed by atoms with Crippen molar-refractivity contribution in [1.82, 2.24) is 15.6 Å². The second kappa shape index (κ2) is 12.1. The number of nitrogens with zero attached hydrogens (tertiary/aromatic N) is 1. The fraction of sp³-hybridized carbons (Fsp3) is 0.400. The summed E-state index contributed by atoms with van der Waals surface area (Å²) in [5.74, 6) is -0.494. The summed E-state index contributed by atoms with van der Waals surface area (Å²) in [5, 5.41) is 20.1. The monoisotopic (exact) mass is 676 g/mol. The molecule has 50 heavy (non-hydrogen) atoms. The van der Waals surface area contributed by atoms with Crippen LogP contribution in [0.5, 0.6) is 5.75 Å². The summed E-state index contributed by atoms with van der Waals surface area (Å²) in [6.07, 6.45) is -1.12. The van der Waals surface area contributed by atoms with Gasteiger partial charge in [-0.25, -0.2) is 4.98 Å². The first-order valence-corrected chi connectivity index (χ1v) is 17.3. The number of oxazole rings is 1. The smallest absolute Gasteiger partial charge is 0.249 e. The van der Waals surface area contributed by atoms with Crippen molar-refractivity contribution in [1.29, 1.82) is 0 Å². The van der Waals surface area contributed by atoms with Gasteiger partial charge in [0.15, 0.2) is 18.3 Å². The number of rotatable bonds is 6. The summed E-state index contributed by atoms with van der Waals surface area (Å²) < 4.78 is 13.4. The highest BCUT2D eigenvalue weighted by atomic mass is 16.5. The number of hydrogen-bond donors (Lipinski definition) is 4. The molecular weight excluding hydrogens is 632 g/mol. The van der Waals surface area contributed by atoms with Gasteiger partial charge >= 0.3 is 0 Å². The molecule has 4 heterocycles. The number of amides is 2. The van der Waals surface area contributed by atoms with Crippen LogP contribution in [0.2, 0.25) is 0 Å². The average molecular weight is 677 g/mol. The average Bonchev–Trinajstić information content (AvgIpc) is 3.74. The molecule has 0 saturated carbocycles. The van der Waals surface area contributed by atoms with Gasteiger partial charge < -0.3 is 30.2 Å². The van der Waals surface area contributed by atoms with Gasteiger partial charge in [0.2, 0.25) is 17.7 Å². The summed E-state index contributed by atoms with van der Waals surface area (Å²) in [4.78, 5) is 44.6. The maximum Gasteiger partial charge on any atom is 0.249 e. The number of hydrogen-bond acceptors (Lipinski definition) is 8.